The van der Waals surface area contributed by atoms with Crippen molar-refractivity contribution in [3.05, 3.63) is 11.6 Å². The summed E-state index contributed by atoms with van der Waals surface area (Å²) in [5.41, 5.74) is -0.0779. The Balaban J connectivity index is 3.17. The lowest BCUT2D eigenvalue weighted by Gasteiger charge is -2.35. The number of carbonyl (C=O) groups excluding carboxylic acids is 3. The molecule has 2 unspecified atom stereocenters. The minimum absolute atomic E-state index is 0.0307. The highest BCUT2D eigenvalue weighted by Crippen LogP contribution is 2.36. The van der Waals surface area contributed by atoms with Crippen LogP contribution in [0.3, 0.4) is 0 Å². The first-order valence-electron chi connectivity index (χ1n) is 6.19. The molecular formula is C14H20O5. The summed E-state index contributed by atoms with van der Waals surface area (Å²) in [6.45, 7) is 7.89. The summed E-state index contributed by atoms with van der Waals surface area (Å²) in [4.78, 5) is 34.4. The van der Waals surface area contributed by atoms with Crippen molar-refractivity contribution >= 4 is 17.7 Å². The summed E-state index contributed by atoms with van der Waals surface area (Å²) in [5, 5.41) is 0. The Morgan fingerprint density at radius 3 is 2.21 bits per heavy atom. The van der Waals surface area contributed by atoms with Gasteiger partial charge in [0.15, 0.2) is 11.9 Å². The van der Waals surface area contributed by atoms with Gasteiger partial charge in [-0.3, -0.25) is 14.4 Å². The minimum atomic E-state index is -0.733. The second-order valence-electron chi connectivity index (χ2n) is 5.54. The molecule has 0 aromatic rings. The van der Waals surface area contributed by atoms with Gasteiger partial charge in [0.25, 0.3) is 0 Å². The van der Waals surface area contributed by atoms with E-state index in [1.54, 1.807) is 13.0 Å². The van der Waals surface area contributed by atoms with Gasteiger partial charge in [0, 0.05) is 25.7 Å². The highest BCUT2D eigenvalue weighted by Gasteiger charge is 2.43. The first kappa shape index (κ1) is 15.4. The molecule has 5 nitrogen and oxygen atoms in total. The van der Waals surface area contributed by atoms with Crippen molar-refractivity contribution in [1.29, 1.82) is 0 Å². The lowest BCUT2D eigenvalue weighted by molar-refractivity contribution is -0.171. The third kappa shape index (κ3) is 3.91. The predicted molar refractivity (Wildman–Crippen MR) is 68.3 cm³/mol. The molecule has 1 aliphatic rings. The van der Waals surface area contributed by atoms with E-state index in [2.05, 4.69) is 0 Å². The van der Waals surface area contributed by atoms with Crippen LogP contribution in [0.1, 0.15) is 41.0 Å². The maximum atomic E-state index is 11.9. The van der Waals surface area contributed by atoms with Crippen molar-refractivity contribution in [2.75, 3.05) is 0 Å². The fourth-order valence-electron chi connectivity index (χ4n) is 2.22. The molecule has 0 saturated carbocycles. The van der Waals surface area contributed by atoms with E-state index in [9.17, 15) is 14.4 Å². The van der Waals surface area contributed by atoms with Crippen LogP contribution in [-0.4, -0.2) is 29.9 Å². The Morgan fingerprint density at radius 2 is 1.74 bits per heavy atom. The zero-order valence-electron chi connectivity index (χ0n) is 12.0. The molecule has 19 heavy (non-hydrogen) atoms. The monoisotopic (exact) mass is 268 g/mol. The summed E-state index contributed by atoms with van der Waals surface area (Å²) >= 11 is 0. The molecule has 0 saturated heterocycles. The lowest BCUT2D eigenvalue weighted by Crippen LogP contribution is -2.43. The molecule has 0 aromatic carbocycles. The summed E-state index contributed by atoms with van der Waals surface area (Å²) in [7, 11) is 0. The van der Waals surface area contributed by atoms with Crippen LogP contribution in [0.15, 0.2) is 11.6 Å². The van der Waals surface area contributed by atoms with Crippen LogP contribution in [0.2, 0.25) is 0 Å². The third-order valence-electron chi connectivity index (χ3n) is 3.13. The molecule has 2 atom stereocenters. The number of carbonyl (C=O) groups is 3. The van der Waals surface area contributed by atoms with Crippen LogP contribution >= 0.6 is 0 Å². The number of hydrogen-bond acceptors (Lipinski definition) is 5. The van der Waals surface area contributed by atoms with Gasteiger partial charge in [-0.2, -0.15) is 0 Å². The number of rotatable bonds is 2. The first-order valence-corrected chi connectivity index (χ1v) is 6.19. The van der Waals surface area contributed by atoms with E-state index in [1.807, 2.05) is 13.8 Å². The molecular weight excluding hydrogens is 248 g/mol. The molecule has 0 amide bonds. The Bertz CT molecular complexity index is 433. The quantitative estimate of drug-likeness (QED) is 0.714. The van der Waals surface area contributed by atoms with Gasteiger partial charge >= 0.3 is 11.9 Å². The van der Waals surface area contributed by atoms with Crippen molar-refractivity contribution in [2.24, 2.45) is 5.41 Å². The van der Waals surface area contributed by atoms with Crippen molar-refractivity contribution in [1.82, 2.24) is 0 Å². The summed E-state index contributed by atoms with van der Waals surface area (Å²) in [5.74, 6) is -0.969. The Hall–Kier alpha value is -1.65. The standard InChI is InChI=1S/C14H20O5/c1-8-6-12(18-9(2)15)13(19-10(3)16)14(4,5)7-11(8)17/h6,12-13H,7H2,1-5H3. The molecule has 1 aliphatic carbocycles. The van der Waals surface area contributed by atoms with Crippen LogP contribution in [0.25, 0.3) is 0 Å². The van der Waals surface area contributed by atoms with Crippen LogP contribution < -0.4 is 0 Å². The maximum Gasteiger partial charge on any atom is 0.303 e. The van der Waals surface area contributed by atoms with Crippen LogP contribution in [0.5, 0.6) is 0 Å². The van der Waals surface area contributed by atoms with E-state index >= 15 is 0 Å². The lowest BCUT2D eigenvalue weighted by atomic mass is 9.80. The molecule has 0 aliphatic heterocycles. The largest absolute Gasteiger partial charge is 0.458 e. The van der Waals surface area contributed by atoms with Gasteiger partial charge in [-0.25, -0.2) is 0 Å². The van der Waals surface area contributed by atoms with Crippen LogP contribution in [0, 0.1) is 5.41 Å². The van der Waals surface area contributed by atoms with E-state index in [1.165, 1.54) is 13.8 Å². The fourth-order valence-corrected chi connectivity index (χ4v) is 2.22. The van der Waals surface area contributed by atoms with E-state index in [0.29, 0.717) is 5.57 Å². The smallest absolute Gasteiger partial charge is 0.303 e. The Morgan fingerprint density at radius 1 is 1.21 bits per heavy atom. The summed E-state index contributed by atoms with van der Waals surface area (Å²) < 4.78 is 10.5. The maximum absolute atomic E-state index is 11.9. The Labute approximate surface area is 112 Å². The van der Waals surface area contributed by atoms with Gasteiger partial charge in [0.1, 0.15) is 6.10 Å². The molecule has 0 aromatic heterocycles. The van der Waals surface area contributed by atoms with Crippen molar-refractivity contribution < 1.29 is 23.9 Å². The second kappa shape index (κ2) is 5.55. The highest BCUT2D eigenvalue weighted by atomic mass is 16.6. The number of Topliss-reactive ketones (excluding diaryl/α,β-unsaturated/α-hetero) is 1. The highest BCUT2D eigenvalue weighted by molar-refractivity contribution is 5.95. The first-order chi connectivity index (χ1) is 8.63. The van der Waals surface area contributed by atoms with Gasteiger partial charge in [0.05, 0.1) is 0 Å². The molecule has 0 fully saturated rings. The zero-order valence-corrected chi connectivity index (χ0v) is 12.0. The van der Waals surface area contributed by atoms with Crippen LogP contribution in [-0.2, 0) is 23.9 Å². The number of allylic oxidation sites excluding steroid dienone is 1. The molecule has 0 spiro atoms. The number of ketones is 1. The zero-order chi connectivity index (χ0) is 14.8. The average Bonchev–Trinajstić information content (AvgIpc) is 2.28. The van der Waals surface area contributed by atoms with E-state index in [4.69, 9.17) is 9.47 Å². The molecule has 0 radical (unpaired) electrons. The van der Waals surface area contributed by atoms with E-state index in [-0.39, 0.29) is 12.2 Å². The number of esters is 2. The fraction of sp³-hybridized carbons (Fsp3) is 0.643. The Kier molecular flexibility index (Phi) is 4.50. The van der Waals surface area contributed by atoms with Crippen LogP contribution in [0.4, 0.5) is 0 Å². The molecule has 0 N–H and O–H groups in total. The predicted octanol–water partition coefficient (Wildman–Crippen LogP) is 1.80. The van der Waals surface area contributed by atoms with Gasteiger partial charge in [0.2, 0.25) is 0 Å². The average molecular weight is 268 g/mol. The topological polar surface area (TPSA) is 69.7 Å². The summed E-state index contributed by atoms with van der Waals surface area (Å²) in [6.07, 6.45) is 0.398. The molecule has 0 bridgehead atoms. The SMILES string of the molecule is CC(=O)OC1C=C(C)C(=O)CC(C)(C)C1OC(C)=O. The van der Waals surface area contributed by atoms with E-state index in [0.717, 1.165) is 0 Å². The number of ether oxygens (including phenoxy) is 2. The second-order valence-corrected chi connectivity index (χ2v) is 5.54. The van der Waals surface area contributed by atoms with Crippen molar-refractivity contribution in [3.63, 3.8) is 0 Å². The third-order valence-corrected chi connectivity index (χ3v) is 3.13. The molecule has 0 heterocycles. The normalized spacial score (nSPS) is 26.2. The molecule has 106 valence electrons. The van der Waals surface area contributed by atoms with Gasteiger partial charge < -0.3 is 9.47 Å². The van der Waals surface area contributed by atoms with Crippen molar-refractivity contribution in [2.45, 2.75) is 53.2 Å². The minimum Gasteiger partial charge on any atom is -0.458 e. The number of hydrogen-bond donors (Lipinski definition) is 0. The van der Waals surface area contributed by atoms with E-state index < -0.39 is 29.6 Å². The van der Waals surface area contributed by atoms with Gasteiger partial charge in [-0.1, -0.05) is 13.8 Å². The van der Waals surface area contributed by atoms with Gasteiger partial charge in [-0.15, -0.1) is 0 Å². The van der Waals surface area contributed by atoms with Crippen molar-refractivity contribution in [3.8, 4) is 0 Å². The van der Waals surface area contributed by atoms with Gasteiger partial charge in [-0.05, 0) is 18.6 Å². The molecule has 1 rings (SSSR count). The summed E-state index contributed by atoms with van der Waals surface area (Å²) in [6, 6.07) is 0. The molecule has 5 heteroatoms.